The van der Waals surface area contributed by atoms with Gasteiger partial charge in [0.2, 0.25) is 0 Å². The van der Waals surface area contributed by atoms with Gasteiger partial charge in [0.25, 0.3) is 5.91 Å². The number of rotatable bonds is 7. The van der Waals surface area contributed by atoms with Crippen LogP contribution in [0.3, 0.4) is 0 Å². The predicted octanol–water partition coefficient (Wildman–Crippen LogP) is 3.96. The maximum absolute atomic E-state index is 12.5. The Balaban J connectivity index is 1.64. The van der Waals surface area contributed by atoms with Crippen molar-refractivity contribution in [1.29, 1.82) is 0 Å². The number of nitrogens with zero attached hydrogens (tertiary/aromatic N) is 1. The van der Waals surface area contributed by atoms with Crippen LogP contribution < -0.4 is 20.1 Å². The van der Waals surface area contributed by atoms with Crippen molar-refractivity contribution in [2.45, 2.75) is 6.54 Å². The molecule has 3 rings (SSSR count). The average Bonchev–Trinajstić information content (AvgIpc) is 2.73. The van der Waals surface area contributed by atoms with Crippen molar-refractivity contribution in [2.24, 2.45) is 0 Å². The third-order valence-corrected chi connectivity index (χ3v) is 3.98. The highest BCUT2D eigenvalue weighted by Crippen LogP contribution is 2.18. The van der Waals surface area contributed by atoms with Crippen LogP contribution in [0.1, 0.15) is 15.9 Å². The molecular formula is C21H21N3O3. The zero-order valence-electron chi connectivity index (χ0n) is 15.2. The second-order valence-electron chi connectivity index (χ2n) is 5.82. The zero-order chi connectivity index (χ0) is 19.1. The van der Waals surface area contributed by atoms with E-state index in [1.165, 1.54) is 0 Å². The number of benzene rings is 2. The molecule has 0 saturated heterocycles. The van der Waals surface area contributed by atoms with Crippen molar-refractivity contribution < 1.29 is 14.3 Å². The molecule has 0 saturated carbocycles. The Kier molecular flexibility index (Phi) is 5.89. The van der Waals surface area contributed by atoms with Gasteiger partial charge in [0, 0.05) is 30.1 Å². The lowest BCUT2D eigenvalue weighted by Gasteiger charge is -2.09. The number of carbonyl (C=O) groups excluding carboxylic acids is 1. The van der Waals surface area contributed by atoms with Crippen molar-refractivity contribution in [1.82, 2.24) is 4.98 Å². The number of carbonyl (C=O) groups is 1. The molecule has 1 aromatic heterocycles. The second-order valence-corrected chi connectivity index (χ2v) is 5.82. The fourth-order valence-electron chi connectivity index (χ4n) is 2.51. The van der Waals surface area contributed by atoms with Crippen LogP contribution in [0, 0.1) is 0 Å². The van der Waals surface area contributed by atoms with Gasteiger partial charge in [0.1, 0.15) is 17.3 Å². The van der Waals surface area contributed by atoms with Crippen LogP contribution in [-0.2, 0) is 6.54 Å². The van der Waals surface area contributed by atoms with Gasteiger partial charge in [-0.2, -0.15) is 0 Å². The molecule has 0 aliphatic carbocycles. The molecule has 6 heteroatoms. The highest BCUT2D eigenvalue weighted by molar-refractivity contribution is 6.04. The summed E-state index contributed by atoms with van der Waals surface area (Å²) in [7, 11) is 3.23. The average molecular weight is 363 g/mol. The Morgan fingerprint density at radius 1 is 0.963 bits per heavy atom. The van der Waals surface area contributed by atoms with Gasteiger partial charge in [0.15, 0.2) is 0 Å². The topological polar surface area (TPSA) is 72.5 Å². The quantitative estimate of drug-likeness (QED) is 0.665. The highest BCUT2D eigenvalue weighted by atomic mass is 16.5. The van der Waals surface area contributed by atoms with Gasteiger partial charge in [-0.3, -0.25) is 4.79 Å². The first-order chi connectivity index (χ1) is 13.2. The van der Waals surface area contributed by atoms with E-state index in [0.29, 0.717) is 29.4 Å². The number of hydrogen-bond acceptors (Lipinski definition) is 5. The fourth-order valence-corrected chi connectivity index (χ4v) is 2.51. The molecule has 0 spiro atoms. The normalized spacial score (nSPS) is 10.1. The van der Waals surface area contributed by atoms with Gasteiger partial charge in [0.05, 0.1) is 14.2 Å². The molecule has 0 aliphatic heterocycles. The minimum Gasteiger partial charge on any atom is -0.497 e. The molecule has 0 bridgehead atoms. The summed E-state index contributed by atoms with van der Waals surface area (Å²) in [6.07, 6.45) is 1.61. The molecule has 1 amide bonds. The fraction of sp³-hybridized carbons (Fsp3) is 0.143. The lowest BCUT2D eigenvalue weighted by Crippen LogP contribution is -2.12. The van der Waals surface area contributed by atoms with Gasteiger partial charge in [-0.1, -0.05) is 18.2 Å². The molecule has 2 aromatic carbocycles. The minimum atomic E-state index is -0.210. The molecule has 0 aliphatic rings. The number of ether oxygens (including phenoxy) is 2. The van der Waals surface area contributed by atoms with E-state index in [2.05, 4.69) is 15.6 Å². The molecule has 138 valence electrons. The van der Waals surface area contributed by atoms with Crippen LogP contribution in [0.5, 0.6) is 11.5 Å². The monoisotopic (exact) mass is 363 g/mol. The summed E-state index contributed by atoms with van der Waals surface area (Å²) in [5, 5.41) is 6.08. The smallest absolute Gasteiger partial charge is 0.255 e. The number of anilines is 2. The summed E-state index contributed by atoms with van der Waals surface area (Å²) in [6.45, 7) is 0.595. The van der Waals surface area contributed by atoms with Crippen molar-refractivity contribution in [3.05, 3.63) is 78.0 Å². The summed E-state index contributed by atoms with van der Waals surface area (Å²) >= 11 is 0. The summed E-state index contributed by atoms with van der Waals surface area (Å²) in [5.41, 5.74) is 2.28. The lowest BCUT2D eigenvalue weighted by molar-refractivity contribution is 0.102. The van der Waals surface area contributed by atoms with Gasteiger partial charge < -0.3 is 20.1 Å². The van der Waals surface area contributed by atoms with Gasteiger partial charge >= 0.3 is 0 Å². The van der Waals surface area contributed by atoms with E-state index in [4.69, 9.17) is 9.47 Å². The minimum absolute atomic E-state index is 0.210. The van der Waals surface area contributed by atoms with Crippen LogP contribution >= 0.6 is 0 Å². The van der Waals surface area contributed by atoms with Crippen LogP contribution in [0.2, 0.25) is 0 Å². The standard InChI is InChI=1S/C21H21N3O3/c1-26-18-8-6-15(7-9-18)14-23-20-12-16(10-11-22-20)21(25)24-17-4-3-5-19(13-17)27-2/h3-13H,14H2,1-2H3,(H,22,23)(H,24,25). The van der Waals surface area contributed by atoms with E-state index in [1.54, 1.807) is 38.6 Å². The van der Waals surface area contributed by atoms with Gasteiger partial charge in [-0.25, -0.2) is 4.98 Å². The number of amides is 1. The van der Waals surface area contributed by atoms with Crippen molar-refractivity contribution >= 4 is 17.4 Å². The van der Waals surface area contributed by atoms with E-state index < -0.39 is 0 Å². The second kappa shape index (κ2) is 8.71. The number of aromatic nitrogens is 1. The van der Waals surface area contributed by atoms with Crippen molar-refractivity contribution in [2.75, 3.05) is 24.9 Å². The molecule has 2 N–H and O–H groups in total. The molecule has 0 fully saturated rings. The molecule has 0 atom stereocenters. The molecule has 1 heterocycles. The Morgan fingerprint density at radius 3 is 2.48 bits per heavy atom. The molecular weight excluding hydrogens is 342 g/mol. The number of nitrogens with one attached hydrogen (secondary N) is 2. The van der Waals surface area contributed by atoms with E-state index >= 15 is 0 Å². The SMILES string of the molecule is COc1ccc(CNc2cc(C(=O)Nc3cccc(OC)c3)ccn2)cc1. The molecule has 0 unspecified atom stereocenters. The van der Waals surface area contributed by atoms with Crippen LogP contribution in [-0.4, -0.2) is 25.1 Å². The van der Waals surface area contributed by atoms with Crippen molar-refractivity contribution in [3.8, 4) is 11.5 Å². The zero-order valence-corrected chi connectivity index (χ0v) is 15.2. The van der Waals surface area contributed by atoms with E-state index in [1.807, 2.05) is 42.5 Å². The lowest BCUT2D eigenvalue weighted by atomic mass is 10.2. The number of pyridine rings is 1. The van der Waals surface area contributed by atoms with E-state index in [-0.39, 0.29) is 5.91 Å². The maximum atomic E-state index is 12.5. The highest BCUT2D eigenvalue weighted by Gasteiger charge is 2.08. The van der Waals surface area contributed by atoms with Crippen LogP contribution in [0.4, 0.5) is 11.5 Å². The van der Waals surface area contributed by atoms with Crippen LogP contribution in [0.25, 0.3) is 0 Å². The molecule has 6 nitrogen and oxygen atoms in total. The van der Waals surface area contributed by atoms with Crippen LogP contribution in [0.15, 0.2) is 66.9 Å². The summed E-state index contributed by atoms with van der Waals surface area (Å²) in [4.78, 5) is 16.8. The summed E-state index contributed by atoms with van der Waals surface area (Å²) < 4.78 is 10.3. The first kappa shape index (κ1) is 18.3. The number of hydrogen-bond donors (Lipinski definition) is 2. The third-order valence-electron chi connectivity index (χ3n) is 3.98. The third kappa shape index (κ3) is 4.98. The van der Waals surface area contributed by atoms with Gasteiger partial charge in [-0.15, -0.1) is 0 Å². The maximum Gasteiger partial charge on any atom is 0.255 e. The van der Waals surface area contributed by atoms with E-state index in [0.717, 1.165) is 11.3 Å². The first-order valence-corrected chi connectivity index (χ1v) is 8.46. The Labute approximate surface area is 158 Å². The molecule has 0 radical (unpaired) electrons. The molecule has 27 heavy (non-hydrogen) atoms. The summed E-state index contributed by atoms with van der Waals surface area (Å²) in [6, 6.07) is 18.4. The van der Waals surface area contributed by atoms with E-state index in [9.17, 15) is 4.79 Å². The Morgan fingerprint density at radius 2 is 1.74 bits per heavy atom. The van der Waals surface area contributed by atoms with Gasteiger partial charge in [-0.05, 0) is 42.0 Å². The largest absolute Gasteiger partial charge is 0.497 e. The molecule has 3 aromatic rings. The predicted molar refractivity (Wildman–Crippen MR) is 106 cm³/mol. The number of methoxy groups -OCH3 is 2. The Bertz CT molecular complexity index is 911. The van der Waals surface area contributed by atoms with Crippen molar-refractivity contribution in [3.63, 3.8) is 0 Å². The Hall–Kier alpha value is -3.54. The summed E-state index contributed by atoms with van der Waals surface area (Å²) in [5.74, 6) is 1.92. The first-order valence-electron chi connectivity index (χ1n) is 8.46.